The van der Waals surface area contributed by atoms with Crippen LogP contribution in [0.15, 0.2) is 46.0 Å². The van der Waals surface area contributed by atoms with E-state index < -0.39 is 0 Å². The smallest absolute Gasteiger partial charge is 0.248 e. The lowest BCUT2D eigenvalue weighted by atomic mass is 10.3. The van der Waals surface area contributed by atoms with Crippen molar-refractivity contribution in [1.82, 2.24) is 4.98 Å². The highest BCUT2D eigenvalue weighted by Gasteiger charge is 2.00. The lowest BCUT2D eigenvalue weighted by molar-refractivity contribution is -0.111. The van der Waals surface area contributed by atoms with Crippen molar-refractivity contribution in [3.8, 4) is 0 Å². The second-order valence-corrected chi connectivity index (χ2v) is 6.13. The third-order valence-electron chi connectivity index (χ3n) is 2.29. The van der Waals surface area contributed by atoms with Crippen molar-refractivity contribution in [3.05, 3.63) is 46.1 Å². The lowest BCUT2D eigenvalue weighted by Crippen LogP contribution is -2.07. The van der Waals surface area contributed by atoms with E-state index in [1.165, 1.54) is 6.08 Å². The van der Waals surface area contributed by atoms with Gasteiger partial charge in [0.15, 0.2) is 3.77 Å². The number of furan rings is 1. The van der Waals surface area contributed by atoms with E-state index in [2.05, 4.69) is 39.8 Å². The fraction of sp³-hybridized carbons (Fsp3) is 0.143. The number of nitrogens with one attached hydrogen (secondary N) is 1. The van der Waals surface area contributed by atoms with Crippen molar-refractivity contribution in [2.75, 3.05) is 11.1 Å². The summed E-state index contributed by atoms with van der Waals surface area (Å²) < 4.78 is 6.12. The maximum atomic E-state index is 11.7. The van der Waals surface area contributed by atoms with E-state index in [9.17, 15) is 4.79 Å². The van der Waals surface area contributed by atoms with E-state index in [-0.39, 0.29) is 5.91 Å². The highest BCUT2D eigenvalue weighted by molar-refractivity contribution is 14.1. The number of carbonyl (C=O) groups excluding carboxylic acids is 1. The minimum Gasteiger partial charge on any atom is -0.451 e. The van der Waals surface area contributed by atoms with E-state index in [0.29, 0.717) is 11.4 Å². The van der Waals surface area contributed by atoms with Crippen LogP contribution in [0.2, 0.25) is 0 Å². The van der Waals surface area contributed by atoms with Crippen LogP contribution in [0.1, 0.15) is 12.7 Å². The lowest BCUT2D eigenvalue weighted by Gasteiger charge is -2.02. The number of hydrogen-bond donors (Lipinski definition) is 1. The minimum atomic E-state index is -0.214. The molecule has 0 atom stereocenters. The van der Waals surface area contributed by atoms with Crippen molar-refractivity contribution in [1.29, 1.82) is 0 Å². The number of nitrogens with zero attached hydrogens (tertiary/aromatic N) is 1. The predicted molar refractivity (Wildman–Crippen MR) is 89.7 cm³/mol. The van der Waals surface area contributed by atoms with Gasteiger partial charge in [-0.15, -0.1) is 11.8 Å². The number of hydrogen-bond acceptors (Lipinski definition) is 4. The van der Waals surface area contributed by atoms with E-state index in [1.807, 2.05) is 24.3 Å². The summed E-state index contributed by atoms with van der Waals surface area (Å²) in [5.41, 5.74) is 0.675. The molecule has 2 aromatic rings. The van der Waals surface area contributed by atoms with Crippen LogP contribution in [-0.4, -0.2) is 16.6 Å². The molecule has 2 rings (SSSR count). The van der Waals surface area contributed by atoms with Gasteiger partial charge in [0.1, 0.15) is 5.76 Å². The SMILES string of the molecule is CCSc1ccc(NC(=O)C=Cc2ccc(I)o2)cn1. The Balaban J connectivity index is 1.92. The van der Waals surface area contributed by atoms with Gasteiger partial charge in [-0.1, -0.05) is 6.92 Å². The molecule has 0 aliphatic carbocycles. The Morgan fingerprint density at radius 3 is 2.90 bits per heavy atom. The first kappa shape index (κ1) is 15.1. The zero-order chi connectivity index (χ0) is 14.4. The van der Waals surface area contributed by atoms with Crippen LogP contribution in [0.5, 0.6) is 0 Å². The number of carbonyl (C=O) groups is 1. The van der Waals surface area contributed by atoms with Gasteiger partial charge in [-0.2, -0.15) is 0 Å². The van der Waals surface area contributed by atoms with Crippen molar-refractivity contribution >= 4 is 52.0 Å². The monoisotopic (exact) mass is 400 g/mol. The molecule has 0 saturated heterocycles. The van der Waals surface area contributed by atoms with Crippen molar-refractivity contribution in [2.45, 2.75) is 11.9 Å². The van der Waals surface area contributed by atoms with Gasteiger partial charge in [0.05, 0.1) is 16.9 Å². The molecule has 6 heteroatoms. The minimum absolute atomic E-state index is 0.214. The largest absolute Gasteiger partial charge is 0.451 e. The van der Waals surface area contributed by atoms with Crippen molar-refractivity contribution < 1.29 is 9.21 Å². The maximum absolute atomic E-state index is 11.7. The van der Waals surface area contributed by atoms with E-state index in [4.69, 9.17) is 4.42 Å². The van der Waals surface area contributed by atoms with Crippen LogP contribution in [0, 0.1) is 3.77 Å². The summed E-state index contributed by atoms with van der Waals surface area (Å²) >= 11 is 3.74. The van der Waals surface area contributed by atoms with Gasteiger partial charge >= 0.3 is 0 Å². The molecule has 4 nitrogen and oxygen atoms in total. The Hall–Kier alpha value is -1.28. The van der Waals surface area contributed by atoms with Gasteiger partial charge < -0.3 is 9.73 Å². The Morgan fingerprint density at radius 2 is 2.30 bits per heavy atom. The molecular weight excluding hydrogens is 387 g/mol. The van der Waals surface area contributed by atoms with Gasteiger partial charge in [-0.05, 0) is 58.7 Å². The molecule has 20 heavy (non-hydrogen) atoms. The molecule has 0 aliphatic heterocycles. The van der Waals surface area contributed by atoms with Crippen LogP contribution in [-0.2, 0) is 4.79 Å². The molecular formula is C14H13IN2O2S. The topological polar surface area (TPSA) is 55.1 Å². The maximum Gasteiger partial charge on any atom is 0.248 e. The molecule has 0 fully saturated rings. The number of amides is 1. The van der Waals surface area contributed by atoms with Crippen LogP contribution >= 0.6 is 34.4 Å². The molecule has 1 amide bonds. The normalized spacial score (nSPS) is 10.9. The molecule has 2 aromatic heterocycles. The molecule has 2 heterocycles. The number of aromatic nitrogens is 1. The van der Waals surface area contributed by atoms with Crippen LogP contribution < -0.4 is 5.32 Å². The highest BCUT2D eigenvalue weighted by Crippen LogP contribution is 2.16. The molecule has 0 aliphatic rings. The van der Waals surface area contributed by atoms with Crippen molar-refractivity contribution in [2.24, 2.45) is 0 Å². The molecule has 0 bridgehead atoms. The molecule has 104 valence electrons. The Morgan fingerprint density at radius 1 is 1.45 bits per heavy atom. The number of thioether (sulfide) groups is 1. The first-order chi connectivity index (χ1) is 9.67. The summed E-state index contributed by atoms with van der Waals surface area (Å²) in [4.78, 5) is 16.0. The fourth-order valence-electron chi connectivity index (χ4n) is 1.45. The summed E-state index contributed by atoms with van der Waals surface area (Å²) in [7, 11) is 0. The zero-order valence-corrected chi connectivity index (χ0v) is 13.8. The van der Waals surface area contributed by atoms with Gasteiger partial charge in [0, 0.05) is 6.08 Å². The third-order valence-corrected chi connectivity index (χ3v) is 3.69. The summed E-state index contributed by atoms with van der Waals surface area (Å²) in [6, 6.07) is 7.38. The zero-order valence-electron chi connectivity index (χ0n) is 10.8. The van der Waals surface area contributed by atoms with Crippen LogP contribution in [0.4, 0.5) is 5.69 Å². The summed E-state index contributed by atoms with van der Waals surface area (Å²) in [6.45, 7) is 2.07. The van der Waals surface area contributed by atoms with Gasteiger partial charge in [-0.25, -0.2) is 4.98 Å². The number of halogens is 1. The average molecular weight is 400 g/mol. The molecule has 0 radical (unpaired) electrons. The quantitative estimate of drug-likeness (QED) is 0.468. The van der Waals surface area contributed by atoms with Gasteiger partial charge in [0.25, 0.3) is 0 Å². The Bertz CT molecular complexity index is 608. The van der Waals surface area contributed by atoms with Gasteiger partial charge in [-0.3, -0.25) is 4.79 Å². The molecule has 0 spiro atoms. The van der Waals surface area contributed by atoms with E-state index >= 15 is 0 Å². The molecule has 0 unspecified atom stereocenters. The van der Waals surface area contributed by atoms with E-state index in [1.54, 1.807) is 24.0 Å². The first-order valence-corrected chi connectivity index (χ1v) is 8.07. The second-order valence-electron chi connectivity index (χ2n) is 3.78. The van der Waals surface area contributed by atoms with Crippen LogP contribution in [0.3, 0.4) is 0 Å². The Kier molecular flexibility index (Phi) is 5.66. The standard InChI is InChI=1S/C14H13IN2O2S/c1-2-20-14-8-3-10(9-16-14)17-13(18)7-5-11-4-6-12(15)19-11/h3-9H,2H2,1H3,(H,17,18). The highest BCUT2D eigenvalue weighted by atomic mass is 127. The number of anilines is 1. The number of pyridine rings is 1. The second kappa shape index (κ2) is 7.49. The molecule has 0 saturated carbocycles. The Labute approximate surface area is 135 Å². The van der Waals surface area contributed by atoms with Gasteiger partial charge in [0.2, 0.25) is 5.91 Å². The van der Waals surface area contributed by atoms with Crippen molar-refractivity contribution in [3.63, 3.8) is 0 Å². The fourth-order valence-corrected chi connectivity index (χ4v) is 2.47. The average Bonchev–Trinajstić information content (AvgIpc) is 2.85. The predicted octanol–water partition coefficient (Wildman–Crippen LogP) is 4.04. The van der Waals surface area contributed by atoms with Crippen LogP contribution in [0.25, 0.3) is 6.08 Å². The third kappa shape index (κ3) is 4.68. The molecule has 0 aromatic carbocycles. The first-order valence-electron chi connectivity index (χ1n) is 6.00. The summed E-state index contributed by atoms with van der Waals surface area (Å²) in [6.07, 6.45) is 4.72. The van der Waals surface area contributed by atoms with E-state index in [0.717, 1.165) is 14.5 Å². The summed E-state index contributed by atoms with van der Waals surface area (Å²) in [5.74, 6) is 1.41. The summed E-state index contributed by atoms with van der Waals surface area (Å²) in [5, 5.41) is 3.70. The molecule has 1 N–H and O–H groups in total. The number of rotatable bonds is 5.